The van der Waals surface area contributed by atoms with E-state index in [9.17, 15) is 13.2 Å². The van der Waals surface area contributed by atoms with Gasteiger partial charge in [-0.3, -0.25) is 9.52 Å². The Morgan fingerprint density at radius 2 is 1.70 bits per heavy atom. The van der Waals surface area contributed by atoms with Crippen LogP contribution in [0.15, 0.2) is 76.1 Å². The summed E-state index contributed by atoms with van der Waals surface area (Å²) in [7, 11) is -2.47. The van der Waals surface area contributed by atoms with Crippen LogP contribution >= 0.6 is 15.9 Å². The van der Waals surface area contributed by atoms with Crippen LogP contribution in [-0.2, 0) is 10.0 Å². The number of hydrogen-bond acceptors (Lipinski definition) is 5. The molecule has 3 aromatic rings. The smallest absolute Gasteiger partial charge is 0.261 e. The second kappa shape index (κ2) is 8.98. The maximum Gasteiger partial charge on any atom is 0.261 e. The Morgan fingerprint density at radius 3 is 2.30 bits per heavy atom. The lowest BCUT2D eigenvalue weighted by molar-refractivity contribution is 0.102. The summed E-state index contributed by atoms with van der Waals surface area (Å²) >= 11 is 3.30. The number of halogens is 1. The molecule has 0 unspecified atom stereocenters. The van der Waals surface area contributed by atoms with Gasteiger partial charge in [0.25, 0.3) is 15.9 Å². The van der Waals surface area contributed by atoms with Crippen molar-refractivity contribution in [2.45, 2.75) is 4.90 Å². The van der Waals surface area contributed by atoms with Crippen molar-refractivity contribution < 1.29 is 17.9 Å². The lowest BCUT2D eigenvalue weighted by Crippen LogP contribution is -2.15. The van der Waals surface area contributed by atoms with Gasteiger partial charge in [-0.05, 0) is 66.7 Å². The lowest BCUT2D eigenvalue weighted by atomic mass is 10.1. The maximum absolute atomic E-state index is 12.8. The van der Waals surface area contributed by atoms with E-state index in [1.807, 2.05) is 6.07 Å². The number of ether oxygens (including phenoxy) is 1. The molecular formula is C21H16BrN3O4S. The van der Waals surface area contributed by atoms with Crippen LogP contribution < -0.4 is 14.8 Å². The van der Waals surface area contributed by atoms with Crippen molar-refractivity contribution >= 4 is 43.2 Å². The highest BCUT2D eigenvalue weighted by atomic mass is 79.9. The molecule has 0 fully saturated rings. The van der Waals surface area contributed by atoms with E-state index in [-0.39, 0.29) is 10.6 Å². The molecule has 9 heteroatoms. The van der Waals surface area contributed by atoms with Gasteiger partial charge < -0.3 is 10.1 Å². The molecule has 30 heavy (non-hydrogen) atoms. The van der Waals surface area contributed by atoms with Gasteiger partial charge in [0.05, 0.1) is 29.3 Å². The summed E-state index contributed by atoms with van der Waals surface area (Å²) in [5.74, 6) is -0.159. The van der Waals surface area contributed by atoms with Gasteiger partial charge in [0.1, 0.15) is 5.75 Å². The Labute approximate surface area is 182 Å². The molecule has 152 valence electrons. The van der Waals surface area contributed by atoms with Crippen molar-refractivity contribution in [1.82, 2.24) is 0 Å². The van der Waals surface area contributed by atoms with E-state index in [4.69, 9.17) is 10.00 Å². The standard InChI is InChI=1S/C21H16BrN3O4S/c1-29-20-11-10-18(30(27,28)25-17-8-6-16(22)7-9-17)12-19(20)24-21(26)15-4-2-14(13-23)3-5-15/h2-12,25H,1H3,(H,24,26). The highest BCUT2D eigenvalue weighted by Gasteiger charge is 2.18. The highest BCUT2D eigenvalue weighted by Crippen LogP contribution is 2.29. The lowest BCUT2D eigenvalue weighted by Gasteiger charge is -2.13. The molecule has 3 aromatic carbocycles. The van der Waals surface area contributed by atoms with Gasteiger partial charge in [-0.15, -0.1) is 0 Å². The van der Waals surface area contributed by atoms with Gasteiger partial charge in [-0.25, -0.2) is 8.42 Å². The van der Waals surface area contributed by atoms with E-state index in [0.717, 1.165) is 4.47 Å². The molecule has 7 nitrogen and oxygen atoms in total. The number of methoxy groups -OCH3 is 1. The topological polar surface area (TPSA) is 108 Å². The number of carbonyl (C=O) groups is 1. The Bertz CT molecular complexity index is 1220. The van der Waals surface area contributed by atoms with E-state index in [1.165, 1.54) is 49.6 Å². The zero-order chi connectivity index (χ0) is 21.7. The molecule has 0 aromatic heterocycles. The van der Waals surface area contributed by atoms with Crippen LogP contribution in [0.1, 0.15) is 15.9 Å². The third kappa shape index (κ3) is 4.97. The molecule has 0 saturated carbocycles. The quantitative estimate of drug-likeness (QED) is 0.538. The second-order valence-corrected chi connectivity index (χ2v) is 8.72. The van der Waals surface area contributed by atoms with Crippen LogP contribution in [0.3, 0.4) is 0 Å². The largest absolute Gasteiger partial charge is 0.495 e. The summed E-state index contributed by atoms with van der Waals surface area (Å²) in [4.78, 5) is 12.5. The van der Waals surface area contributed by atoms with Crippen LogP contribution in [0.25, 0.3) is 0 Å². The first-order valence-corrected chi connectivity index (χ1v) is 10.9. The average Bonchev–Trinajstić information content (AvgIpc) is 2.75. The molecule has 0 aliphatic carbocycles. The number of rotatable bonds is 6. The number of hydrogen-bond donors (Lipinski definition) is 2. The summed E-state index contributed by atoms with van der Waals surface area (Å²) in [6.07, 6.45) is 0. The summed E-state index contributed by atoms with van der Waals surface area (Å²) in [5, 5.41) is 11.5. The summed E-state index contributed by atoms with van der Waals surface area (Å²) in [6.45, 7) is 0. The molecule has 0 aliphatic heterocycles. The van der Waals surface area contributed by atoms with Crippen molar-refractivity contribution in [3.8, 4) is 11.8 Å². The molecule has 2 N–H and O–H groups in total. The number of nitrogens with zero attached hydrogens (tertiary/aromatic N) is 1. The summed E-state index contributed by atoms with van der Waals surface area (Å²) in [5.41, 5.74) is 1.34. The van der Waals surface area contributed by atoms with Gasteiger partial charge in [-0.2, -0.15) is 5.26 Å². The second-order valence-electron chi connectivity index (χ2n) is 6.12. The number of benzene rings is 3. The highest BCUT2D eigenvalue weighted by molar-refractivity contribution is 9.10. The van der Waals surface area contributed by atoms with Crippen LogP contribution in [0.5, 0.6) is 5.75 Å². The first-order valence-electron chi connectivity index (χ1n) is 8.60. The maximum atomic E-state index is 12.8. The Balaban J connectivity index is 1.87. The minimum atomic E-state index is -3.89. The van der Waals surface area contributed by atoms with Crippen molar-refractivity contribution in [2.24, 2.45) is 0 Å². The number of carbonyl (C=O) groups excluding carboxylic acids is 1. The first kappa shape index (κ1) is 21.4. The minimum absolute atomic E-state index is 0.0404. The molecule has 0 spiro atoms. The Kier molecular flexibility index (Phi) is 6.40. The third-order valence-corrected chi connectivity index (χ3v) is 6.01. The van der Waals surface area contributed by atoms with Crippen LogP contribution in [0, 0.1) is 11.3 Å². The molecule has 0 aliphatic rings. The van der Waals surface area contributed by atoms with E-state index in [2.05, 4.69) is 26.0 Å². The van der Waals surface area contributed by atoms with Gasteiger partial charge >= 0.3 is 0 Å². The van der Waals surface area contributed by atoms with E-state index in [1.54, 1.807) is 24.3 Å². The molecular weight excluding hydrogens is 470 g/mol. The van der Waals surface area contributed by atoms with E-state index >= 15 is 0 Å². The molecule has 0 radical (unpaired) electrons. The zero-order valence-electron chi connectivity index (χ0n) is 15.7. The summed E-state index contributed by atoms with van der Waals surface area (Å²) in [6, 6.07) is 18.9. The number of anilines is 2. The molecule has 0 bridgehead atoms. The minimum Gasteiger partial charge on any atom is -0.495 e. The van der Waals surface area contributed by atoms with Crippen molar-refractivity contribution in [2.75, 3.05) is 17.1 Å². The third-order valence-electron chi connectivity index (χ3n) is 4.10. The van der Waals surface area contributed by atoms with E-state index < -0.39 is 15.9 Å². The normalized spacial score (nSPS) is 10.7. The first-order chi connectivity index (χ1) is 14.3. The predicted molar refractivity (Wildman–Crippen MR) is 117 cm³/mol. The van der Waals surface area contributed by atoms with Crippen molar-refractivity contribution in [1.29, 1.82) is 5.26 Å². The fraction of sp³-hybridized carbons (Fsp3) is 0.0476. The summed E-state index contributed by atoms with van der Waals surface area (Å²) < 4.78 is 34.1. The van der Waals surface area contributed by atoms with Gasteiger partial charge in [-0.1, -0.05) is 15.9 Å². The van der Waals surface area contributed by atoms with E-state index in [0.29, 0.717) is 22.6 Å². The fourth-order valence-corrected chi connectivity index (χ4v) is 3.92. The van der Waals surface area contributed by atoms with Crippen LogP contribution in [0.2, 0.25) is 0 Å². The Hall–Kier alpha value is -3.35. The Morgan fingerprint density at radius 1 is 1.03 bits per heavy atom. The SMILES string of the molecule is COc1ccc(S(=O)(=O)Nc2ccc(Br)cc2)cc1NC(=O)c1ccc(C#N)cc1. The number of nitriles is 1. The van der Waals surface area contributed by atoms with Gasteiger partial charge in [0.2, 0.25) is 0 Å². The number of sulfonamides is 1. The number of nitrogens with one attached hydrogen (secondary N) is 2. The number of amides is 1. The van der Waals surface area contributed by atoms with Gasteiger partial charge in [0, 0.05) is 15.7 Å². The predicted octanol–water partition coefficient (Wildman–Crippen LogP) is 4.38. The average molecular weight is 486 g/mol. The van der Waals surface area contributed by atoms with Crippen molar-refractivity contribution in [3.05, 3.63) is 82.3 Å². The van der Waals surface area contributed by atoms with Gasteiger partial charge in [0.15, 0.2) is 0 Å². The fourth-order valence-electron chi connectivity index (χ4n) is 2.57. The zero-order valence-corrected chi connectivity index (χ0v) is 18.1. The van der Waals surface area contributed by atoms with Crippen molar-refractivity contribution in [3.63, 3.8) is 0 Å². The van der Waals surface area contributed by atoms with Crippen LogP contribution in [0.4, 0.5) is 11.4 Å². The molecule has 0 atom stereocenters. The molecule has 0 heterocycles. The monoisotopic (exact) mass is 485 g/mol. The van der Waals surface area contributed by atoms with Crippen LogP contribution in [-0.4, -0.2) is 21.4 Å². The molecule has 1 amide bonds. The molecule has 3 rings (SSSR count). The molecule has 0 saturated heterocycles.